The molecule has 7 heteroatoms. The number of halogens is 1. The van der Waals surface area contributed by atoms with Crippen molar-refractivity contribution < 1.29 is 23.9 Å². The van der Waals surface area contributed by atoms with E-state index in [0.717, 1.165) is 0 Å². The molecule has 6 nitrogen and oxygen atoms in total. The molecule has 23 heavy (non-hydrogen) atoms. The molecular formula is C16H19FN2O4. The van der Waals surface area contributed by atoms with Crippen molar-refractivity contribution in [1.82, 2.24) is 5.32 Å². The molecule has 0 radical (unpaired) electrons. The number of carboxylic acids is 1. The Hall–Kier alpha value is -2.44. The van der Waals surface area contributed by atoms with Crippen LogP contribution in [0.2, 0.25) is 0 Å². The molecule has 2 unspecified atom stereocenters. The second-order valence-corrected chi connectivity index (χ2v) is 5.84. The van der Waals surface area contributed by atoms with Crippen LogP contribution in [0.3, 0.4) is 0 Å². The minimum atomic E-state index is -1.38. The summed E-state index contributed by atoms with van der Waals surface area (Å²) in [4.78, 5) is 36.8. The van der Waals surface area contributed by atoms with Crippen molar-refractivity contribution in [3.8, 4) is 0 Å². The van der Waals surface area contributed by atoms with E-state index in [2.05, 4.69) is 5.32 Å². The van der Waals surface area contributed by atoms with Gasteiger partial charge in [0.1, 0.15) is 11.4 Å². The van der Waals surface area contributed by atoms with Gasteiger partial charge in [0.2, 0.25) is 11.8 Å². The first-order chi connectivity index (χ1) is 10.8. The minimum Gasteiger partial charge on any atom is -0.480 e. The van der Waals surface area contributed by atoms with Crippen LogP contribution in [0.25, 0.3) is 0 Å². The lowest BCUT2D eigenvalue weighted by Crippen LogP contribution is -2.53. The van der Waals surface area contributed by atoms with E-state index >= 15 is 0 Å². The molecular weight excluding hydrogens is 303 g/mol. The largest absolute Gasteiger partial charge is 0.480 e. The molecule has 0 aromatic heterocycles. The Morgan fingerprint density at radius 2 is 2.09 bits per heavy atom. The highest BCUT2D eigenvalue weighted by molar-refractivity contribution is 6.01. The summed E-state index contributed by atoms with van der Waals surface area (Å²) < 4.78 is 13.8. The number of benzene rings is 1. The first-order valence-corrected chi connectivity index (χ1v) is 7.39. The summed E-state index contributed by atoms with van der Waals surface area (Å²) in [5.74, 6) is -3.24. The number of amides is 2. The van der Waals surface area contributed by atoms with E-state index in [1.165, 1.54) is 30.0 Å². The summed E-state index contributed by atoms with van der Waals surface area (Å²) in [5, 5.41) is 11.7. The van der Waals surface area contributed by atoms with E-state index in [1.54, 1.807) is 13.0 Å². The maximum absolute atomic E-state index is 13.8. The van der Waals surface area contributed by atoms with Gasteiger partial charge in [-0.1, -0.05) is 19.1 Å². The molecule has 1 aliphatic heterocycles. The first-order valence-electron chi connectivity index (χ1n) is 7.39. The number of carbonyl (C=O) groups is 3. The quantitative estimate of drug-likeness (QED) is 0.861. The summed E-state index contributed by atoms with van der Waals surface area (Å²) in [6, 6.07) is 5.84. The van der Waals surface area contributed by atoms with Crippen molar-refractivity contribution >= 4 is 23.5 Å². The number of hydrogen-bond acceptors (Lipinski definition) is 3. The molecule has 124 valence electrons. The maximum atomic E-state index is 13.8. The van der Waals surface area contributed by atoms with Gasteiger partial charge in [-0.15, -0.1) is 0 Å². The van der Waals surface area contributed by atoms with Crippen LogP contribution in [0.5, 0.6) is 0 Å². The zero-order chi connectivity index (χ0) is 17.2. The Balaban J connectivity index is 2.12. The summed E-state index contributed by atoms with van der Waals surface area (Å²) in [6.45, 7) is 3.10. The number of nitrogens with zero attached hydrogens (tertiary/aromatic N) is 1. The van der Waals surface area contributed by atoms with Gasteiger partial charge in [-0.2, -0.15) is 0 Å². The molecule has 2 N–H and O–H groups in total. The van der Waals surface area contributed by atoms with Crippen LogP contribution in [0.4, 0.5) is 10.1 Å². The number of aliphatic carboxylic acids is 1. The molecule has 1 aromatic carbocycles. The van der Waals surface area contributed by atoms with E-state index in [-0.39, 0.29) is 31.0 Å². The molecule has 0 aliphatic carbocycles. The first kappa shape index (κ1) is 16.9. The second kappa shape index (κ2) is 6.36. The Kier molecular flexibility index (Phi) is 4.68. The molecule has 0 bridgehead atoms. The highest BCUT2D eigenvalue weighted by Crippen LogP contribution is 2.27. The van der Waals surface area contributed by atoms with Gasteiger partial charge in [0, 0.05) is 13.0 Å². The molecule has 1 aromatic rings. The van der Waals surface area contributed by atoms with Crippen molar-refractivity contribution in [1.29, 1.82) is 0 Å². The fourth-order valence-corrected chi connectivity index (χ4v) is 2.45. The van der Waals surface area contributed by atoms with Gasteiger partial charge in [0.15, 0.2) is 0 Å². The third kappa shape index (κ3) is 3.33. The molecule has 2 amide bonds. The van der Waals surface area contributed by atoms with Crippen LogP contribution in [0.1, 0.15) is 26.7 Å². The van der Waals surface area contributed by atoms with Crippen LogP contribution in [0, 0.1) is 11.7 Å². The number of carbonyl (C=O) groups excluding carboxylic acids is 2. The van der Waals surface area contributed by atoms with Gasteiger partial charge in [-0.25, -0.2) is 9.18 Å². The zero-order valence-corrected chi connectivity index (χ0v) is 13.0. The highest BCUT2D eigenvalue weighted by Gasteiger charge is 2.40. The smallest absolute Gasteiger partial charge is 0.329 e. The van der Waals surface area contributed by atoms with Gasteiger partial charge >= 0.3 is 5.97 Å². The molecule has 1 saturated heterocycles. The average Bonchev–Trinajstić information content (AvgIpc) is 2.89. The number of carboxylic acid groups (broad SMARTS) is 1. The minimum absolute atomic E-state index is 0.0328. The third-order valence-electron chi connectivity index (χ3n) is 4.22. The lowest BCUT2D eigenvalue weighted by molar-refractivity contribution is -0.147. The van der Waals surface area contributed by atoms with Crippen molar-refractivity contribution in [2.45, 2.75) is 32.2 Å². The van der Waals surface area contributed by atoms with E-state index < -0.39 is 29.2 Å². The predicted molar refractivity (Wildman–Crippen MR) is 81.3 cm³/mol. The Morgan fingerprint density at radius 3 is 2.65 bits per heavy atom. The van der Waals surface area contributed by atoms with E-state index in [0.29, 0.717) is 0 Å². The Bertz CT molecular complexity index is 649. The van der Waals surface area contributed by atoms with Crippen LogP contribution >= 0.6 is 0 Å². The summed E-state index contributed by atoms with van der Waals surface area (Å²) in [5.41, 5.74) is -1.25. The number of para-hydroxylation sites is 1. The molecule has 1 fully saturated rings. The molecule has 0 saturated carbocycles. The van der Waals surface area contributed by atoms with E-state index in [4.69, 9.17) is 0 Å². The van der Waals surface area contributed by atoms with Crippen LogP contribution in [-0.2, 0) is 14.4 Å². The predicted octanol–water partition coefficient (Wildman–Crippen LogP) is 1.55. The zero-order valence-electron chi connectivity index (χ0n) is 13.0. The molecule has 2 rings (SSSR count). The van der Waals surface area contributed by atoms with Crippen LogP contribution in [0.15, 0.2) is 24.3 Å². The normalized spacial score (nSPS) is 20.2. The van der Waals surface area contributed by atoms with Crippen molar-refractivity contribution in [3.05, 3.63) is 30.1 Å². The van der Waals surface area contributed by atoms with Gasteiger partial charge in [0.05, 0.1) is 11.6 Å². The van der Waals surface area contributed by atoms with Crippen LogP contribution in [-0.4, -0.2) is 35.0 Å². The SMILES string of the molecule is CCC(C)(NC(=O)C1CC(=O)N(c2ccccc2F)C1)C(=O)O. The summed E-state index contributed by atoms with van der Waals surface area (Å²) >= 11 is 0. The van der Waals surface area contributed by atoms with Gasteiger partial charge in [0.25, 0.3) is 0 Å². The Labute approximate surface area is 133 Å². The highest BCUT2D eigenvalue weighted by atomic mass is 19.1. The lowest BCUT2D eigenvalue weighted by atomic mass is 9.97. The molecule has 1 aliphatic rings. The van der Waals surface area contributed by atoms with Crippen LogP contribution < -0.4 is 10.2 Å². The van der Waals surface area contributed by atoms with Crippen molar-refractivity contribution in [2.75, 3.05) is 11.4 Å². The maximum Gasteiger partial charge on any atom is 0.329 e. The summed E-state index contributed by atoms with van der Waals surface area (Å²) in [6.07, 6.45) is 0.144. The molecule has 0 spiro atoms. The third-order valence-corrected chi connectivity index (χ3v) is 4.22. The van der Waals surface area contributed by atoms with Gasteiger partial charge in [-0.3, -0.25) is 9.59 Å². The second-order valence-electron chi connectivity index (χ2n) is 5.84. The monoisotopic (exact) mass is 322 g/mol. The number of rotatable bonds is 5. The standard InChI is InChI=1S/C16H19FN2O4/c1-3-16(2,15(22)23)18-14(21)10-8-13(20)19(9-10)12-7-5-4-6-11(12)17/h4-7,10H,3,8-9H2,1-2H3,(H,18,21)(H,22,23). The fourth-order valence-electron chi connectivity index (χ4n) is 2.45. The Morgan fingerprint density at radius 1 is 1.43 bits per heavy atom. The van der Waals surface area contributed by atoms with Crippen molar-refractivity contribution in [3.63, 3.8) is 0 Å². The number of nitrogens with one attached hydrogen (secondary N) is 1. The van der Waals surface area contributed by atoms with Gasteiger partial charge in [-0.05, 0) is 25.5 Å². The molecule has 1 heterocycles. The summed E-state index contributed by atoms with van der Waals surface area (Å²) in [7, 11) is 0. The van der Waals surface area contributed by atoms with E-state index in [1.807, 2.05) is 0 Å². The number of hydrogen-bond donors (Lipinski definition) is 2. The van der Waals surface area contributed by atoms with Crippen molar-refractivity contribution in [2.24, 2.45) is 5.92 Å². The number of anilines is 1. The lowest BCUT2D eigenvalue weighted by Gasteiger charge is -2.26. The van der Waals surface area contributed by atoms with Gasteiger partial charge < -0.3 is 15.3 Å². The average molecular weight is 322 g/mol. The fraction of sp³-hybridized carbons (Fsp3) is 0.438. The molecule has 2 atom stereocenters. The van der Waals surface area contributed by atoms with E-state index in [9.17, 15) is 23.9 Å². The topological polar surface area (TPSA) is 86.7 Å².